The van der Waals surface area contributed by atoms with Gasteiger partial charge in [-0.1, -0.05) is 78.9 Å². The van der Waals surface area contributed by atoms with Crippen LogP contribution in [0, 0.1) is 0 Å². The molecule has 0 bridgehead atoms. The fourth-order valence-corrected chi connectivity index (χ4v) is 2.04. The highest BCUT2D eigenvalue weighted by Gasteiger charge is 2.14. The van der Waals surface area contributed by atoms with Crippen molar-refractivity contribution >= 4 is 6.08 Å². The molecule has 1 nitrogen and oxygen atoms in total. The van der Waals surface area contributed by atoms with E-state index in [4.69, 9.17) is 0 Å². The Morgan fingerprint density at radius 2 is 1.47 bits per heavy atom. The molecule has 1 heteroatoms. The Hall–Kier alpha value is -2.12. The highest BCUT2D eigenvalue weighted by atomic mass is 16.3. The summed E-state index contributed by atoms with van der Waals surface area (Å²) >= 11 is 0. The van der Waals surface area contributed by atoms with E-state index in [9.17, 15) is 5.11 Å². The lowest BCUT2D eigenvalue weighted by atomic mass is 9.93. The van der Waals surface area contributed by atoms with Crippen LogP contribution in [0.25, 0.3) is 6.08 Å². The second-order valence-corrected chi connectivity index (χ2v) is 4.43. The first-order chi connectivity index (χ1) is 9.31. The Kier molecular flexibility index (Phi) is 4.71. The van der Waals surface area contributed by atoms with E-state index in [-0.39, 0.29) is 5.92 Å². The third-order valence-corrected chi connectivity index (χ3v) is 3.09. The third-order valence-electron chi connectivity index (χ3n) is 3.09. The van der Waals surface area contributed by atoms with Crippen molar-refractivity contribution < 1.29 is 5.11 Å². The van der Waals surface area contributed by atoms with Crippen LogP contribution in [-0.2, 0) is 0 Å². The number of hydrogen-bond donors (Lipinski definition) is 1. The van der Waals surface area contributed by atoms with E-state index in [0.29, 0.717) is 0 Å². The maximum Gasteiger partial charge on any atom is 0.0827 e. The molecule has 0 aliphatic rings. The van der Waals surface area contributed by atoms with Crippen LogP contribution < -0.4 is 0 Å². The molecule has 0 heterocycles. The monoisotopic (exact) mass is 250 g/mol. The minimum Gasteiger partial charge on any atom is -0.388 e. The number of aliphatic hydroxyl groups excluding tert-OH is 1. The van der Waals surface area contributed by atoms with Crippen LogP contribution in [0.5, 0.6) is 0 Å². The molecule has 0 aliphatic carbocycles. The van der Waals surface area contributed by atoms with E-state index in [0.717, 1.165) is 11.1 Å². The van der Waals surface area contributed by atoms with Gasteiger partial charge in [0.25, 0.3) is 0 Å². The molecule has 0 fully saturated rings. The molecule has 2 aromatic rings. The highest BCUT2D eigenvalue weighted by Crippen LogP contribution is 2.22. The van der Waals surface area contributed by atoms with Crippen molar-refractivity contribution in [2.45, 2.75) is 12.0 Å². The quantitative estimate of drug-likeness (QED) is 0.794. The average molecular weight is 250 g/mol. The zero-order valence-corrected chi connectivity index (χ0v) is 10.8. The predicted octanol–water partition coefficient (Wildman–Crippen LogP) is 4.03. The molecular formula is C18H18O. The van der Waals surface area contributed by atoms with E-state index >= 15 is 0 Å². The highest BCUT2D eigenvalue weighted by molar-refractivity contribution is 5.49. The topological polar surface area (TPSA) is 20.2 Å². The average Bonchev–Trinajstić information content (AvgIpc) is 2.48. The lowest BCUT2D eigenvalue weighted by Crippen LogP contribution is -2.13. The second-order valence-electron chi connectivity index (χ2n) is 4.43. The van der Waals surface area contributed by atoms with Gasteiger partial charge >= 0.3 is 0 Å². The predicted molar refractivity (Wildman–Crippen MR) is 80.9 cm³/mol. The van der Waals surface area contributed by atoms with Crippen LogP contribution in [0.4, 0.5) is 0 Å². The van der Waals surface area contributed by atoms with Crippen molar-refractivity contribution in [2.24, 2.45) is 0 Å². The lowest BCUT2D eigenvalue weighted by molar-refractivity contribution is 0.208. The van der Waals surface area contributed by atoms with Crippen molar-refractivity contribution in [1.82, 2.24) is 0 Å². The van der Waals surface area contributed by atoms with Crippen LogP contribution >= 0.6 is 0 Å². The first-order valence-electron chi connectivity index (χ1n) is 6.40. The summed E-state index contributed by atoms with van der Waals surface area (Å²) in [5.74, 6) is -0.0823. The van der Waals surface area contributed by atoms with Crippen LogP contribution in [0.15, 0.2) is 79.4 Å². The maximum atomic E-state index is 10.3. The summed E-state index contributed by atoms with van der Waals surface area (Å²) in [6, 6.07) is 19.9. The van der Waals surface area contributed by atoms with Gasteiger partial charge in [0.15, 0.2) is 0 Å². The van der Waals surface area contributed by atoms with Crippen LogP contribution in [0.2, 0.25) is 0 Å². The van der Waals surface area contributed by atoms with Gasteiger partial charge in [-0.25, -0.2) is 0 Å². The zero-order valence-electron chi connectivity index (χ0n) is 10.8. The molecule has 0 saturated heterocycles. The minimum absolute atomic E-state index is 0.0823. The first-order valence-corrected chi connectivity index (χ1v) is 6.40. The Bertz CT molecular complexity index is 528. The van der Waals surface area contributed by atoms with Gasteiger partial charge in [-0.05, 0) is 11.1 Å². The molecule has 2 atom stereocenters. The van der Waals surface area contributed by atoms with Gasteiger partial charge in [0.1, 0.15) is 0 Å². The van der Waals surface area contributed by atoms with E-state index in [1.807, 2.05) is 72.8 Å². The van der Waals surface area contributed by atoms with Gasteiger partial charge in [-0.3, -0.25) is 0 Å². The molecule has 19 heavy (non-hydrogen) atoms. The summed E-state index contributed by atoms with van der Waals surface area (Å²) in [5, 5.41) is 10.3. The molecule has 0 spiro atoms. The molecular weight excluding hydrogens is 232 g/mol. The zero-order chi connectivity index (χ0) is 13.5. The van der Waals surface area contributed by atoms with Crippen LogP contribution in [0.1, 0.15) is 17.0 Å². The van der Waals surface area contributed by atoms with E-state index < -0.39 is 6.10 Å². The number of aliphatic hydroxyl groups is 1. The molecule has 0 radical (unpaired) electrons. The minimum atomic E-state index is -0.569. The van der Waals surface area contributed by atoms with Gasteiger partial charge in [-0.15, -0.1) is 6.58 Å². The van der Waals surface area contributed by atoms with Crippen molar-refractivity contribution in [3.05, 3.63) is 90.5 Å². The molecule has 0 saturated carbocycles. The largest absolute Gasteiger partial charge is 0.388 e. The summed E-state index contributed by atoms with van der Waals surface area (Å²) < 4.78 is 0. The fourth-order valence-electron chi connectivity index (χ4n) is 2.04. The summed E-state index contributed by atoms with van der Waals surface area (Å²) in [4.78, 5) is 0. The molecule has 96 valence electrons. The van der Waals surface area contributed by atoms with Gasteiger partial charge in [0.2, 0.25) is 0 Å². The summed E-state index contributed by atoms with van der Waals surface area (Å²) in [7, 11) is 0. The first kappa shape index (κ1) is 13.3. The number of benzene rings is 2. The van der Waals surface area contributed by atoms with Gasteiger partial charge < -0.3 is 5.11 Å². The SMILES string of the molecule is C=C[C@H](c1ccccc1)[C@H](O)/C=C/c1ccccc1. The Morgan fingerprint density at radius 1 is 0.895 bits per heavy atom. The Labute approximate surface area is 114 Å². The molecule has 0 amide bonds. The van der Waals surface area contributed by atoms with Crippen LogP contribution in [0.3, 0.4) is 0 Å². The summed E-state index contributed by atoms with van der Waals surface area (Å²) in [5.41, 5.74) is 2.15. The van der Waals surface area contributed by atoms with Crippen molar-refractivity contribution in [3.8, 4) is 0 Å². The van der Waals surface area contributed by atoms with E-state index in [1.165, 1.54) is 0 Å². The molecule has 0 unspecified atom stereocenters. The molecule has 2 rings (SSSR count). The van der Waals surface area contributed by atoms with Gasteiger partial charge in [-0.2, -0.15) is 0 Å². The van der Waals surface area contributed by atoms with Crippen molar-refractivity contribution in [2.75, 3.05) is 0 Å². The Balaban J connectivity index is 2.12. The van der Waals surface area contributed by atoms with Gasteiger partial charge in [0, 0.05) is 5.92 Å². The smallest absolute Gasteiger partial charge is 0.0827 e. The maximum absolute atomic E-state index is 10.3. The van der Waals surface area contributed by atoms with Crippen molar-refractivity contribution in [1.29, 1.82) is 0 Å². The molecule has 2 aromatic carbocycles. The molecule has 0 aliphatic heterocycles. The molecule has 0 aromatic heterocycles. The Morgan fingerprint density at radius 3 is 2.05 bits per heavy atom. The van der Waals surface area contributed by atoms with Gasteiger partial charge in [0.05, 0.1) is 6.10 Å². The standard InChI is InChI=1S/C18H18O/c1-2-17(16-11-7-4-8-12-16)18(19)14-13-15-9-5-3-6-10-15/h2-14,17-19H,1H2/b14-13+/t17-,18-/m1/s1. The summed E-state index contributed by atoms with van der Waals surface area (Å²) in [6.45, 7) is 3.82. The van der Waals surface area contributed by atoms with Crippen molar-refractivity contribution in [3.63, 3.8) is 0 Å². The normalized spacial score (nSPS) is 14.2. The third kappa shape index (κ3) is 3.67. The van der Waals surface area contributed by atoms with E-state index in [2.05, 4.69) is 6.58 Å². The second kappa shape index (κ2) is 6.72. The van der Waals surface area contributed by atoms with Crippen LogP contribution in [-0.4, -0.2) is 11.2 Å². The summed E-state index contributed by atoms with van der Waals surface area (Å²) in [6.07, 6.45) is 4.97. The number of hydrogen-bond acceptors (Lipinski definition) is 1. The fraction of sp³-hybridized carbons (Fsp3) is 0.111. The molecule has 1 N–H and O–H groups in total. The lowest BCUT2D eigenvalue weighted by Gasteiger charge is -2.16. The number of rotatable bonds is 5. The van der Waals surface area contributed by atoms with E-state index in [1.54, 1.807) is 6.08 Å².